The molecule has 2 fully saturated rings. The van der Waals surface area contributed by atoms with Gasteiger partial charge in [-0.25, -0.2) is 0 Å². The fourth-order valence-corrected chi connectivity index (χ4v) is 4.28. The number of hydrogen-bond acceptors (Lipinski definition) is 2. The molecule has 3 aliphatic rings. The van der Waals surface area contributed by atoms with E-state index >= 15 is 0 Å². The minimum Gasteiger partial charge on any atom is -0.493 e. The van der Waals surface area contributed by atoms with Crippen molar-refractivity contribution in [1.29, 1.82) is 0 Å². The van der Waals surface area contributed by atoms with E-state index in [1.807, 2.05) is 6.07 Å². The number of hydrogen-bond donors (Lipinski definition) is 0. The van der Waals surface area contributed by atoms with Crippen LogP contribution in [0, 0.1) is 5.92 Å². The molecular weight excluding hydrogens is 248 g/mol. The molecule has 3 atom stereocenters. The van der Waals surface area contributed by atoms with Crippen LogP contribution in [0.25, 0.3) is 0 Å². The molecule has 1 aromatic carbocycles. The van der Waals surface area contributed by atoms with Crippen LogP contribution < -0.4 is 0 Å². The molecule has 2 heteroatoms. The van der Waals surface area contributed by atoms with Crippen molar-refractivity contribution in [3.63, 3.8) is 0 Å². The molecule has 1 saturated carbocycles. The maximum absolute atomic E-state index is 6.42. The fraction of sp³-hybridized carbons (Fsp3) is 0.556. The Hall–Kier alpha value is -1.28. The predicted octanol–water partition coefficient (Wildman–Crippen LogP) is 4.21. The lowest BCUT2D eigenvalue weighted by molar-refractivity contribution is -0.112. The van der Waals surface area contributed by atoms with Gasteiger partial charge in [-0.3, -0.25) is 0 Å². The summed E-state index contributed by atoms with van der Waals surface area (Å²) < 4.78 is 12.6. The number of ether oxygens (including phenoxy) is 2. The molecule has 20 heavy (non-hydrogen) atoms. The van der Waals surface area contributed by atoms with Crippen molar-refractivity contribution in [2.75, 3.05) is 0 Å². The second-order valence-electron chi connectivity index (χ2n) is 6.75. The Morgan fingerprint density at radius 3 is 2.90 bits per heavy atom. The van der Waals surface area contributed by atoms with Gasteiger partial charge in [0.05, 0.1) is 11.2 Å². The molecule has 106 valence electrons. The van der Waals surface area contributed by atoms with E-state index in [9.17, 15) is 0 Å². The van der Waals surface area contributed by atoms with Crippen molar-refractivity contribution in [3.8, 4) is 0 Å². The minimum absolute atomic E-state index is 0.0904. The Kier molecular flexibility index (Phi) is 2.71. The van der Waals surface area contributed by atoms with Gasteiger partial charge in [-0.15, -0.1) is 0 Å². The van der Waals surface area contributed by atoms with E-state index < -0.39 is 0 Å². The van der Waals surface area contributed by atoms with E-state index in [0.717, 1.165) is 6.42 Å². The van der Waals surface area contributed by atoms with E-state index in [1.165, 1.54) is 37.0 Å². The summed E-state index contributed by atoms with van der Waals surface area (Å²) in [6, 6.07) is 10.4. The molecule has 2 aliphatic heterocycles. The Morgan fingerprint density at radius 2 is 2.05 bits per heavy atom. The van der Waals surface area contributed by atoms with E-state index in [4.69, 9.17) is 9.47 Å². The van der Waals surface area contributed by atoms with Crippen LogP contribution in [0.2, 0.25) is 0 Å². The second-order valence-corrected chi connectivity index (χ2v) is 6.75. The molecule has 0 radical (unpaired) electrons. The molecule has 0 aromatic heterocycles. The molecule has 4 rings (SSSR count). The molecule has 2 bridgehead atoms. The maximum atomic E-state index is 6.42. The first-order chi connectivity index (χ1) is 9.69. The number of rotatable bonds is 3. The average molecular weight is 270 g/mol. The third-order valence-corrected chi connectivity index (χ3v) is 5.25. The molecule has 1 aliphatic carbocycles. The van der Waals surface area contributed by atoms with Crippen LogP contribution in [0.15, 0.2) is 42.2 Å². The van der Waals surface area contributed by atoms with Gasteiger partial charge in [-0.05, 0) is 50.7 Å². The summed E-state index contributed by atoms with van der Waals surface area (Å²) in [6.07, 6.45) is 8.30. The first-order valence-corrected chi connectivity index (χ1v) is 7.79. The van der Waals surface area contributed by atoms with Crippen LogP contribution >= 0.6 is 0 Å². The van der Waals surface area contributed by atoms with E-state index in [0.29, 0.717) is 12.5 Å². The van der Waals surface area contributed by atoms with Gasteiger partial charge in [0.1, 0.15) is 12.4 Å². The van der Waals surface area contributed by atoms with Gasteiger partial charge >= 0.3 is 0 Å². The Labute approximate surface area is 120 Å². The summed E-state index contributed by atoms with van der Waals surface area (Å²) in [7, 11) is 0. The van der Waals surface area contributed by atoms with Gasteiger partial charge in [0, 0.05) is 5.92 Å². The standard InChI is InChI=1S/C18H22O2/c1-17-10-11-18(20-17)9-5-8-15(18)16(12-17)19-13-14-6-3-2-4-7-14/h2-4,6-7,12,15H,5,8-11,13H2,1H3/t15?,17-,18+/m0/s1. The van der Waals surface area contributed by atoms with Crippen LogP contribution in [0.3, 0.4) is 0 Å². The highest BCUT2D eigenvalue weighted by molar-refractivity contribution is 5.25. The summed E-state index contributed by atoms with van der Waals surface area (Å²) >= 11 is 0. The molecule has 0 amide bonds. The third kappa shape index (κ3) is 1.89. The van der Waals surface area contributed by atoms with Crippen molar-refractivity contribution in [2.45, 2.75) is 56.8 Å². The Balaban J connectivity index is 1.57. The molecule has 1 aromatic rings. The Morgan fingerprint density at radius 1 is 1.20 bits per heavy atom. The third-order valence-electron chi connectivity index (χ3n) is 5.25. The van der Waals surface area contributed by atoms with Gasteiger partial charge in [0.2, 0.25) is 0 Å². The van der Waals surface area contributed by atoms with Crippen molar-refractivity contribution in [2.24, 2.45) is 5.92 Å². The lowest BCUT2D eigenvalue weighted by Gasteiger charge is -2.39. The highest BCUT2D eigenvalue weighted by Crippen LogP contribution is 2.57. The van der Waals surface area contributed by atoms with E-state index in [1.54, 1.807) is 0 Å². The summed E-state index contributed by atoms with van der Waals surface area (Å²) in [5, 5.41) is 0. The van der Waals surface area contributed by atoms with Crippen LogP contribution in [0.1, 0.15) is 44.6 Å². The topological polar surface area (TPSA) is 18.5 Å². The van der Waals surface area contributed by atoms with Crippen LogP contribution in [-0.2, 0) is 16.1 Å². The van der Waals surface area contributed by atoms with Crippen LogP contribution in [-0.4, -0.2) is 11.2 Å². The van der Waals surface area contributed by atoms with Crippen molar-refractivity contribution in [3.05, 3.63) is 47.7 Å². The summed E-state index contributed by atoms with van der Waals surface area (Å²) in [6.45, 7) is 2.89. The number of benzene rings is 1. The van der Waals surface area contributed by atoms with Gasteiger partial charge < -0.3 is 9.47 Å². The minimum atomic E-state index is -0.0904. The zero-order valence-corrected chi connectivity index (χ0v) is 12.1. The smallest absolute Gasteiger partial charge is 0.113 e. The zero-order chi connectivity index (χ0) is 13.6. The normalized spacial score (nSPS) is 38.5. The summed E-state index contributed by atoms with van der Waals surface area (Å²) in [5.41, 5.74) is 1.24. The highest BCUT2D eigenvalue weighted by Gasteiger charge is 2.57. The van der Waals surface area contributed by atoms with Gasteiger partial charge in [-0.1, -0.05) is 30.3 Å². The van der Waals surface area contributed by atoms with Crippen LogP contribution in [0.5, 0.6) is 0 Å². The second kappa shape index (κ2) is 4.36. The van der Waals surface area contributed by atoms with E-state index in [-0.39, 0.29) is 11.2 Å². The number of fused-ring (bicyclic) bond motifs is 1. The average Bonchev–Trinajstić information content (AvgIpc) is 3.00. The van der Waals surface area contributed by atoms with Crippen LogP contribution in [0.4, 0.5) is 0 Å². The van der Waals surface area contributed by atoms with Gasteiger partial charge in [-0.2, -0.15) is 0 Å². The first-order valence-electron chi connectivity index (χ1n) is 7.79. The zero-order valence-electron chi connectivity index (χ0n) is 12.1. The highest BCUT2D eigenvalue weighted by atomic mass is 16.5. The van der Waals surface area contributed by atoms with Gasteiger partial charge in [0.25, 0.3) is 0 Å². The SMILES string of the molecule is C[C@@]12C=C(OCc3ccccc3)C3CCC[C@]3(CC1)O2. The van der Waals surface area contributed by atoms with E-state index in [2.05, 4.69) is 37.3 Å². The molecule has 2 heterocycles. The monoisotopic (exact) mass is 270 g/mol. The largest absolute Gasteiger partial charge is 0.493 e. The summed E-state index contributed by atoms with van der Waals surface area (Å²) in [4.78, 5) is 0. The lowest BCUT2D eigenvalue weighted by atomic mass is 9.87. The molecule has 2 nitrogen and oxygen atoms in total. The van der Waals surface area contributed by atoms with Crippen molar-refractivity contribution in [1.82, 2.24) is 0 Å². The fourth-order valence-electron chi connectivity index (χ4n) is 4.28. The molecular formula is C18H22O2. The molecule has 1 unspecified atom stereocenters. The Bertz CT molecular complexity index is 536. The molecule has 0 N–H and O–H groups in total. The first kappa shape index (κ1) is 12.5. The van der Waals surface area contributed by atoms with Crippen molar-refractivity contribution >= 4 is 0 Å². The van der Waals surface area contributed by atoms with Crippen molar-refractivity contribution < 1.29 is 9.47 Å². The van der Waals surface area contributed by atoms with Gasteiger partial charge in [0.15, 0.2) is 0 Å². The lowest BCUT2D eigenvalue weighted by Crippen LogP contribution is -2.41. The molecule has 1 spiro atoms. The quantitative estimate of drug-likeness (QED) is 0.819. The summed E-state index contributed by atoms with van der Waals surface area (Å²) in [5.74, 6) is 1.68. The maximum Gasteiger partial charge on any atom is 0.113 e. The predicted molar refractivity (Wildman–Crippen MR) is 78.1 cm³/mol. The molecule has 1 saturated heterocycles.